The topological polar surface area (TPSA) is 46.3 Å². The van der Waals surface area contributed by atoms with Gasteiger partial charge in [-0.2, -0.15) is 0 Å². The molecule has 1 aliphatic rings. The Hall–Kier alpha value is -1.58. The van der Waals surface area contributed by atoms with Crippen molar-refractivity contribution in [2.24, 2.45) is 5.41 Å². The summed E-state index contributed by atoms with van der Waals surface area (Å²) in [5, 5.41) is 3.83. The van der Waals surface area contributed by atoms with Crippen molar-refractivity contribution in [1.29, 1.82) is 0 Å². The van der Waals surface area contributed by atoms with Crippen molar-refractivity contribution in [3.05, 3.63) is 23.7 Å². The highest BCUT2D eigenvalue weighted by Crippen LogP contribution is 2.41. The maximum atomic E-state index is 12.9. The van der Waals surface area contributed by atoms with Crippen LogP contribution in [0.1, 0.15) is 58.8 Å². The fourth-order valence-corrected chi connectivity index (χ4v) is 2.48. The van der Waals surface area contributed by atoms with Gasteiger partial charge in [-0.3, -0.25) is 4.79 Å². The van der Waals surface area contributed by atoms with E-state index in [2.05, 4.69) is 25.9 Å². The molecule has 1 unspecified atom stereocenters. The first-order valence-electron chi connectivity index (χ1n) is 6.58. The van der Waals surface area contributed by atoms with Crippen LogP contribution >= 0.6 is 0 Å². The van der Waals surface area contributed by atoms with Gasteiger partial charge in [0.05, 0.1) is 12.1 Å². The van der Waals surface area contributed by atoms with E-state index >= 15 is 0 Å². The number of nitrogens with zero attached hydrogens (tertiary/aromatic N) is 2. The van der Waals surface area contributed by atoms with Gasteiger partial charge in [0.25, 0.3) is 0 Å². The van der Waals surface area contributed by atoms with Crippen molar-refractivity contribution in [3.63, 3.8) is 0 Å². The molecule has 2 rings (SSSR count). The predicted molar refractivity (Wildman–Crippen MR) is 74.3 cm³/mol. The number of amides is 1. The molecule has 0 aliphatic carbocycles. The first kappa shape index (κ1) is 13.8. The van der Waals surface area contributed by atoms with Crippen molar-refractivity contribution in [1.82, 2.24) is 10.1 Å². The molecule has 1 atom stereocenters. The quantitative estimate of drug-likeness (QED) is 0.719. The highest BCUT2D eigenvalue weighted by Gasteiger charge is 2.41. The van der Waals surface area contributed by atoms with E-state index in [1.165, 1.54) is 0 Å². The Bertz CT molecular complexity index is 515. The van der Waals surface area contributed by atoms with Crippen LogP contribution in [0.25, 0.3) is 6.08 Å². The third kappa shape index (κ3) is 2.44. The van der Waals surface area contributed by atoms with Crippen molar-refractivity contribution < 1.29 is 9.32 Å². The second-order valence-electron chi connectivity index (χ2n) is 7.14. The molecule has 0 bridgehead atoms. The lowest BCUT2D eigenvalue weighted by atomic mass is 9.75. The molecule has 0 fully saturated rings. The Balaban J connectivity index is 2.57. The van der Waals surface area contributed by atoms with Crippen molar-refractivity contribution in [3.8, 4) is 0 Å². The van der Waals surface area contributed by atoms with E-state index in [-0.39, 0.29) is 22.8 Å². The summed E-state index contributed by atoms with van der Waals surface area (Å²) < 4.78 is 5.25. The van der Waals surface area contributed by atoms with Crippen molar-refractivity contribution in [2.75, 3.05) is 0 Å². The maximum absolute atomic E-state index is 12.9. The van der Waals surface area contributed by atoms with Gasteiger partial charge in [-0.15, -0.1) is 0 Å². The van der Waals surface area contributed by atoms with Gasteiger partial charge in [-0.1, -0.05) is 25.9 Å². The molecule has 1 aliphatic heterocycles. The predicted octanol–water partition coefficient (Wildman–Crippen LogP) is 3.42. The number of hydrogen-bond donors (Lipinski definition) is 0. The average Bonchev–Trinajstić information content (AvgIpc) is 2.57. The largest absolute Gasteiger partial charge is 0.357 e. The Labute approximate surface area is 114 Å². The Kier molecular flexibility index (Phi) is 3.07. The standard InChI is InChI=1S/C15H22N2O2/c1-14(2,3)12-10-9-16-19-11(10)7-8-17(13(12)18)15(4,5)6/h7-9,12H,1-6H3. The van der Waals surface area contributed by atoms with Crippen LogP contribution in [0.3, 0.4) is 0 Å². The molecule has 0 N–H and O–H groups in total. The fourth-order valence-electron chi connectivity index (χ4n) is 2.48. The van der Waals surface area contributed by atoms with Crippen LogP contribution in [0, 0.1) is 5.41 Å². The van der Waals surface area contributed by atoms with Crippen LogP contribution in [-0.2, 0) is 4.79 Å². The molecule has 1 aromatic rings. The number of fused-ring (bicyclic) bond motifs is 1. The minimum atomic E-state index is -0.256. The molecule has 0 saturated carbocycles. The third-order valence-electron chi connectivity index (χ3n) is 3.39. The number of rotatable bonds is 0. The van der Waals surface area contributed by atoms with E-state index in [0.717, 1.165) is 5.56 Å². The van der Waals surface area contributed by atoms with Crippen LogP contribution in [0.5, 0.6) is 0 Å². The zero-order valence-corrected chi connectivity index (χ0v) is 12.5. The van der Waals surface area contributed by atoms with E-state index in [9.17, 15) is 4.79 Å². The summed E-state index contributed by atoms with van der Waals surface area (Å²) in [6.07, 6.45) is 5.30. The van der Waals surface area contributed by atoms with Crippen molar-refractivity contribution >= 4 is 12.0 Å². The summed E-state index contributed by atoms with van der Waals surface area (Å²) in [4.78, 5) is 14.7. The van der Waals surface area contributed by atoms with Gasteiger partial charge in [-0.25, -0.2) is 0 Å². The van der Waals surface area contributed by atoms with E-state index in [0.29, 0.717) is 5.76 Å². The second-order valence-corrected chi connectivity index (χ2v) is 7.14. The lowest BCUT2D eigenvalue weighted by molar-refractivity contribution is -0.136. The first-order chi connectivity index (χ1) is 8.62. The van der Waals surface area contributed by atoms with Crippen LogP contribution in [0.4, 0.5) is 0 Å². The summed E-state index contributed by atoms with van der Waals surface area (Å²) in [5.74, 6) is 0.529. The SMILES string of the molecule is CC(C)(C)C1C(=O)N(C(C)(C)C)C=Cc2oncc21. The minimum Gasteiger partial charge on any atom is -0.357 e. The maximum Gasteiger partial charge on any atom is 0.235 e. The lowest BCUT2D eigenvalue weighted by Gasteiger charge is -2.38. The van der Waals surface area contributed by atoms with Crippen LogP contribution < -0.4 is 0 Å². The molecular formula is C15H22N2O2. The van der Waals surface area contributed by atoms with E-state index in [4.69, 9.17) is 4.52 Å². The molecule has 4 nitrogen and oxygen atoms in total. The van der Waals surface area contributed by atoms with Gasteiger partial charge in [0.2, 0.25) is 5.91 Å². The van der Waals surface area contributed by atoms with Gasteiger partial charge >= 0.3 is 0 Å². The normalized spacial score (nSPS) is 20.4. The highest BCUT2D eigenvalue weighted by molar-refractivity contribution is 5.88. The summed E-state index contributed by atoms with van der Waals surface area (Å²) in [7, 11) is 0. The summed E-state index contributed by atoms with van der Waals surface area (Å²) >= 11 is 0. The summed E-state index contributed by atoms with van der Waals surface area (Å²) in [5.41, 5.74) is 0.432. The molecular weight excluding hydrogens is 240 g/mol. The van der Waals surface area contributed by atoms with Crippen LogP contribution in [0.2, 0.25) is 0 Å². The third-order valence-corrected chi connectivity index (χ3v) is 3.39. The zero-order chi connectivity index (χ0) is 14.4. The molecule has 104 valence electrons. The van der Waals surface area contributed by atoms with Crippen molar-refractivity contribution in [2.45, 2.75) is 53.0 Å². The highest BCUT2D eigenvalue weighted by atomic mass is 16.5. The lowest BCUT2D eigenvalue weighted by Crippen LogP contribution is -2.46. The number of hydrogen-bond acceptors (Lipinski definition) is 3. The van der Waals surface area contributed by atoms with E-state index in [1.807, 2.05) is 26.8 Å². The molecule has 4 heteroatoms. The molecule has 0 saturated heterocycles. The van der Waals surface area contributed by atoms with Gasteiger partial charge in [0, 0.05) is 23.4 Å². The number of carbonyl (C=O) groups excluding carboxylic acids is 1. The average molecular weight is 262 g/mol. The molecule has 2 heterocycles. The Morgan fingerprint density at radius 3 is 2.37 bits per heavy atom. The molecule has 1 aromatic heterocycles. The van der Waals surface area contributed by atoms with Gasteiger partial charge in [0.1, 0.15) is 0 Å². The number of carbonyl (C=O) groups is 1. The Morgan fingerprint density at radius 1 is 1.21 bits per heavy atom. The summed E-state index contributed by atoms with van der Waals surface area (Å²) in [6.45, 7) is 12.3. The monoisotopic (exact) mass is 262 g/mol. The van der Waals surface area contributed by atoms with Gasteiger partial charge in [0.15, 0.2) is 5.76 Å². The van der Waals surface area contributed by atoms with Crippen LogP contribution in [0.15, 0.2) is 16.9 Å². The van der Waals surface area contributed by atoms with E-state index in [1.54, 1.807) is 17.3 Å². The molecule has 0 radical (unpaired) electrons. The molecule has 0 aromatic carbocycles. The van der Waals surface area contributed by atoms with Crippen LogP contribution in [-0.4, -0.2) is 21.5 Å². The molecule has 1 amide bonds. The summed E-state index contributed by atoms with van der Waals surface area (Å²) in [6, 6.07) is 0. The smallest absolute Gasteiger partial charge is 0.235 e. The second kappa shape index (κ2) is 4.22. The first-order valence-corrected chi connectivity index (χ1v) is 6.58. The fraction of sp³-hybridized carbons (Fsp3) is 0.600. The number of aromatic nitrogens is 1. The molecule has 0 spiro atoms. The minimum absolute atomic E-state index is 0.0956. The zero-order valence-electron chi connectivity index (χ0n) is 12.5. The Morgan fingerprint density at radius 2 is 1.84 bits per heavy atom. The van der Waals surface area contributed by atoms with Gasteiger partial charge in [-0.05, 0) is 26.2 Å². The molecule has 19 heavy (non-hydrogen) atoms. The van der Waals surface area contributed by atoms with E-state index < -0.39 is 0 Å². The van der Waals surface area contributed by atoms with Gasteiger partial charge < -0.3 is 9.42 Å².